The van der Waals surface area contributed by atoms with Crippen LogP contribution in [0.2, 0.25) is 0 Å². The highest BCUT2D eigenvalue weighted by Gasteiger charge is 2.34. The number of sulfone groups is 1. The number of fused-ring (bicyclic) bond motifs is 1. The zero-order valence-electron chi connectivity index (χ0n) is 26.8. The summed E-state index contributed by atoms with van der Waals surface area (Å²) in [5.74, 6) is 6.50. The number of nitrogens with zero attached hydrogens (tertiary/aromatic N) is 5. The van der Waals surface area contributed by atoms with Crippen molar-refractivity contribution in [3.8, 4) is 11.8 Å². The molecule has 0 radical (unpaired) electrons. The molecule has 3 saturated heterocycles. The van der Waals surface area contributed by atoms with Gasteiger partial charge in [-0.25, -0.2) is 22.8 Å². The third-order valence-electron chi connectivity index (χ3n) is 9.03. The molecule has 3 fully saturated rings. The molecule has 0 bridgehead atoms. The van der Waals surface area contributed by atoms with Crippen LogP contribution in [0.1, 0.15) is 31.2 Å². The fraction of sp³-hybridized carbons (Fsp3) is 0.515. The molecule has 0 aliphatic carbocycles. The first-order valence-corrected chi connectivity index (χ1v) is 17.9. The van der Waals surface area contributed by atoms with Crippen LogP contribution in [0.25, 0.3) is 10.8 Å². The lowest BCUT2D eigenvalue weighted by molar-refractivity contribution is -0.117. The van der Waals surface area contributed by atoms with Crippen molar-refractivity contribution in [3.05, 3.63) is 42.2 Å². The van der Waals surface area contributed by atoms with Crippen LogP contribution in [-0.4, -0.2) is 106 Å². The summed E-state index contributed by atoms with van der Waals surface area (Å²) in [6.45, 7) is 4.58. The Morgan fingerprint density at radius 2 is 1.96 bits per heavy atom. The number of hydrogen-bond donors (Lipinski definition) is 2. The number of pyridine rings is 1. The third kappa shape index (κ3) is 7.58. The second-order valence-electron chi connectivity index (χ2n) is 12.5. The molecule has 0 spiro atoms. The maximum atomic E-state index is 14.6. The molecule has 4 atom stereocenters. The van der Waals surface area contributed by atoms with Crippen LogP contribution in [-0.2, 0) is 24.1 Å². The standard InChI is InChI=1S/C33H40FN7O5S/c1-4-5-32(42)37-27-10-13-46-19-25(27)22-6-7-28(41-16-21(17-41)20-47(3,43)44)24-15-36-31(14-23(22)24)38-30-8-11-35-33(39-30)40-12-9-29(45-2)26(34)18-40/h6-8,11,14-15,21,25-27,29H,9-10,12-13,16-20H2,1-3H3,(H,37,42)(H,35,36,38,39)/t25-,26+,27-,29-/m1/s1. The summed E-state index contributed by atoms with van der Waals surface area (Å²) < 4.78 is 49.5. The van der Waals surface area contributed by atoms with Crippen molar-refractivity contribution in [2.75, 3.05) is 73.6 Å². The molecule has 6 rings (SSSR count). The van der Waals surface area contributed by atoms with Crippen molar-refractivity contribution in [1.29, 1.82) is 0 Å². The van der Waals surface area contributed by atoms with Crippen molar-refractivity contribution in [2.45, 2.75) is 44.0 Å². The highest BCUT2D eigenvalue weighted by atomic mass is 32.2. The topological polar surface area (TPSA) is 139 Å². The second-order valence-corrected chi connectivity index (χ2v) is 14.7. The van der Waals surface area contributed by atoms with E-state index in [1.807, 2.05) is 23.2 Å². The maximum absolute atomic E-state index is 14.6. The fourth-order valence-corrected chi connectivity index (χ4v) is 7.85. The van der Waals surface area contributed by atoms with Crippen LogP contribution in [0.15, 0.2) is 36.7 Å². The number of alkyl halides is 1. The van der Waals surface area contributed by atoms with E-state index in [1.165, 1.54) is 13.4 Å². The third-order valence-corrected chi connectivity index (χ3v) is 10.1. The molecule has 5 heterocycles. The lowest BCUT2D eigenvalue weighted by Crippen LogP contribution is -2.49. The zero-order valence-corrected chi connectivity index (χ0v) is 27.6. The van der Waals surface area contributed by atoms with Crippen molar-refractivity contribution in [1.82, 2.24) is 20.3 Å². The number of carbonyl (C=O) groups excluding carboxylic acids is 1. The van der Waals surface area contributed by atoms with E-state index in [4.69, 9.17) is 14.5 Å². The minimum Gasteiger partial charge on any atom is -0.381 e. The summed E-state index contributed by atoms with van der Waals surface area (Å²) in [6.07, 6.45) is 4.33. The van der Waals surface area contributed by atoms with Gasteiger partial charge in [0.05, 0.1) is 25.0 Å². The van der Waals surface area contributed by atoms with Gasteiger partial charge >= 0.3 is 0 Å². The average molecular weight is 666 g/mol. The van der Waals surface area contributed by atoms with E-state index in [0.717, 1.165) is 22.0 Å². The van der Waals surface area contributed by atoms with E-state index in [0.29, 0.717) is 63.3 Å². The molecular weight excluding hydrogens is 625 g/mol. The molecule has 1 aromatic carbocycles. The lowest BCUT2D eigenvalue weighted by Gasteiger charge is -2.41. The first kappa shape index (κ1) is 32.9. The molecule has 2 N–H and O–H groups in total. The summed E-state index contributed by atoms with van der Waals surface area (Å²) in [5, 5.41) is 8.21. The molecule has 3 aliphatic heterocycles. The van der Waals surface area contributed by atoms with Crippen LogP contribution in [0.5, 0.6) is 0 Å². The number of nitrogens with one attached hydrogen (secondary N) is 2. The number of aromatic nitrogens is 3. The van der Waals surface area contributed by atoms with Crippen LogP contribution in [0, 0.1) is 17.8 Å². The zero-order chi connectivity index (χ0) is 33.1. The van der Waals surface area contributed by atoms with Crippen molar-refractivity contribution >= 4 is 49.8 Å². The van der Waals surface area contributed by atoms with Gasteiger partial charge in [-0.15, -0.1) is 0 Å². The number of amides is 1. The summed E-state index contributed by atoms with van der Waals surface area (Å²) in [5.41, 5.74) is 1.96. The number of benzene rings is 1. The first-order chi connectivity index (χ1) is 22.6. The molecule has 250 valence electrons. The van der Waals surface area contributed by atoms with Gasteiger partial charge in [0.2, 0.25) is 5.95 Å². The number of carbonyl (C=O) groups is 1. The number of piperidine rings is 1. The second kappa shape index (κ2) is 14.0. The monoisotopic (exact) mass is 665 g/mol. The van der Waals surface area contributed by atoms with Gasteiger partial charge in [-0.1, -0.05) is 12.0 Å². The number of methoxy groups -OCH3 is 1. The van der Waals surface area contributed by atoms with Gasteiger partial charge < -0.3 is 29.9 Å². The molecule has 0 saturated carbocycles. The Labute approximate surface area is 274 Å². The molecular formula is C33H40FN7O5S. The maximum Gasteiger partial charge on any atom is 0.296 e. The van der Waals surface area contributed by atoms with Gasteiger partial charge in [0.25, 0.3) is 5.91 Å². The normalized spacial score (nSPS) is 23.5. The average Bonchev–Trinajstić information content (AvgIpc) is 3.02. The van der Waals surface area contributed by atoms with E-state index < -0.39 is 22.1 Å². The number of anilines is 4. The van der Waals surface area contributed by atoms with E-state index >= 15 is 0 Å². The Kier molecular flexibility index (Phi) is 9.77. The Morgan fingerprint density at radius 3 is 2.70 bits per heavy atom. The first-order valence-electron chi connectivity index (χ1n) is 15.8. The molecule has 14 heteroatoms. The molecule has 2 aromatic heterocycles. The Bertz CT molecular complexity index is 1790. The van der Waals surface area contributed by atoms with Crippen molar-refractivity contribution in [3.63, 3.8) is 0 Å². The Morgan fingerprint density at radius 1 is 1.13 bits per heavy atom. The largest absolute Gasteiger partial charge is 0.381 e. The van der Waals surface area contributed by atoms with Crippen LogP contribution >= 0.6 is 0 Å². The Balaban J connectivity index is 1.32. The van der Waals surface area contributed by atoms with E-state index in [-0.39, 0.29) is 36.1 Å². The highest BCUT2D eigenvalue weighted by molar-refractivity contribution is 7.90. The molecule has 12 nitrogen and oxygen atoms in total. The summed E-state index contributed by atoms with van der Waals surface area (Å²) >= 11 is 0. The SMILES string of the molecule is CC#CC(=O)N[C@@H]1CCOC[C@@H]1c1ccc(N2CC(CS(C)(=O)=O)C2)c2cnc(Nc3ccnc(N4CC[C@@H](OC)[C@@H](F)C4)n3)cc12. The summed E-state index contributed by atoms with van der Waals surface area (Å²) in [7, 11) is -1.54. The molecule has 3 aromatic rings. The predicted molar refractivity (Wildman–Crippen MR) is 179 cm³/mol. The van der Waals surface area contributed by atoms with E-state index in [1.54, 1.807) is 19.2 Å². The van der Waals surface area contributed by atoms with Crippen LogP contribution in [0.4, 0.5) is 27.7 Å². The van der Waals surface area contributed by atoms with E-state index in [2.05, 4.69) is 43.4 Å². The molecule has 0 unspecified atom stereocenters. The van der Waals surface area contributed by atoms with Gasteiger partial charge in [-0.2, -0.15) is 4.98 Å². The van der Waals surface area contributed by atoms with Gasteiger partial charge in [0, 0.05) is 81.0 Å². The number of halogens is 1. The van der Waals surface area contributed by atoms with Gasteiger partial charge in [0.15, 0.2) is 0 Å². The van der Waals surface area contributed by atoms with Crippen molar-refractivity contribution in [2.24, 2.45) is 5.92 Å². The lowest BCUT2D eigenvalue weighted by atomic mass is 9.85. The molecule has 47 heavy (non-hydrogen) atoms. The quantitative estimate of drug-likeness (QED) is 0.327. The van der Waals surface area contributed by atoms with Gasteiger partial charge in [-0.3, -0.25) is 4.79 Å². The molecule has 1 amide bonds. The smallest absolute Gasteiger partial charge is 0.296 e. The fourth-order valence-electron chi connectivity index (χ4n) is 6.78. The van der Waals surface area contributed by atoms with Gasteiger partial charge in [0.1, 0.15) is 27.6 Å². The highest BCUT2D eigenvalue weighted by Crippen LogP contribution is 2.39. The Hall–Kier alpha value is -4.06. The minimum absolute atomic E-state index is 0.0690. The van der Waals surface area contributed by atoms with E-state index in [9.17, 15) is 17.6 Å². The van der Waals surface area contributed by atoms with Crippen molar-refractivity contribution < 1.29 is 27.1 Å². The number of ether oxygens (including phenoxy) is 2. The number of rotatable bonds is 9. The van der Waals surface area contributed by atoms with Crippen LogP contribution in [0.3, 0.4) is 0 Å². The summed E-state index contributed by atoms with van der Waals surface area (Å²) in [6, 6.07) is 7.63. The van der Waals surface area contributed by atoms with Gasteiger partial charge in [-0.05, 0) is 54.8 Å². The predicted octanol–water partition coefficient (Wildman–Crippen LogP) is 2.82. The number of hydrogen-bond acceptors (Lipinski definition) is 11. The van der Waals surface area contributed by atoms with Crippen LogP contribution < -0.4 is 20.4 Å². The minimum atomic E-state index is -3.07. The summed E-state index contributed by atoms with van der Waals surface area (Å²) in [4.78, 5) is 30.2. The molecule has 3 aliphatic rings.